The van der Waals surface area contributed by atoms with Crippen molar-refractivity contribution in [2.24, 2.45) is 23.1 Å². The smallest absolute Gasteiger partial charge is 0.326 e. The number of nitrogens with one attached hydrogen (secondary N) is 3. The molecule has 0 aromatic carbocycles. The summed E-state index contributed by atoms with van der Waals surface area (Å²) in [6, 6.07) is -4.73. The molecule has 0 spiro atoms. The van der Waals surface area contributed by atoms with Gasteiger partial charge in [-0.15, -0.1) is 0 Å². The number of rotatable bonds is 16. The summed E-state index contributed by atoms with van der Waals surface area (Å²) in [5, 5.41) is 25.6. The number of unbranched alkanes of at least 4 members (excludes halogenated alkanes) is 1. The van der Waals surface area contributed by atoms with Crippen molar-refractivity contribution >= 4 is 29.6 Å². The molecule has 0 bridgehead atoms. The molecule has 0 aliphatic heterocycles. The molecule has 0 fully saturated rings. The van der Waals surface area contributed by atoms with Crippen molar-refractivity contribution in [1.29, 1.82) is 0 Å². The Morgan fingerprint density at radius 2 is 1.47 bits per heavy atom. The molecule has 0 aliphatic carbocycles. The van der Waals surface area contributed by atoms with E-state index in [1.54, 1.807) is 13.8 Å². The van der Waals surface area contributed by atoms with Crippen molar-refractivity contribution in [3.8, 4) is 0 Å². The Morgan fingerprint density at radius 3 is 1.94 bits per heavy atom. The lowest BCUT2D eigenvalue weighted by Gasteiger charge is -2.26. The molecule has 0 radical (unpaired) electrons. The highest BCUT2D eigenvalue weighted by Gasteiger charge is 2.31. The van der Waals surface area contributed by atoms with Gasteiger partial charge in [-0.2, -0.15) is 0 Å². The summed E-state index contributed by atoms with van der Waals surface area (Å²) in [4.78, 5) is 59.9. The minimum atomic E-state index is -1.37. The zero-order valence-electron chi connectivity index (χ0n) is 18.5. The monoisotopic (exact) mass is 460 g/mol. The molecular formula is C19H36N6O7. The van der Waals surface area contributed by atoms with Gasteiger partial charge in [0.2, 0.25) is 23.6 Å². The lowest BCUT2D eigenvalue weighted by Crippen LogP contribution is -2.58. The summed E-state index contributed by atoms with van der Waals surface area (Å²) in [6.07, 6.45) is 0.769. The molecule has 4 unspecified atom stereocenters. The molecule has 13 nitrogen and oxygen atoms in total. The van der Waals surface area contributed by atoms with Gasteiger partial charge in [-0.25, -0.2) is 4.79 Å². The van der Waals surface area contributed by atoms with Crippen molar-refractivity contribution < 1.29 is 34.2 Å². The van der Waals surface area contributed by atoms with E-state index < -0.39 is 60.4 Å². The van der Waals surface area contributed by atoms with E-state index in [0.29, 0.717) is 19.4 Å². The highest BCUT2D eigenvalue weighted by atomic mass is 16.4. The van der Waals surface area contributed by atoms with Gasteiger partial charge in [0.1, 0.15) is 24.2 Å². The first-order valence-electron chi connectivity index (χ1n) is 10.4. The predicted octanol–water partition coefficient (Wildman–Crippen LogP) is -3.10. The third-order valence-electron chi connectivity index (χ3n) is 4.65. The second-order valence-electron chi connectivity index (χ2n) is 7.77. The Morgan fingerprint density at radius 1 is 0.875 bits per heavy atom. The molecule has 0 aliphatic rings. The quantitative estimate of drug-likeness (QED) is 0.109. The average Bonchev–Trinajstić information content (AvgIpc) is 2.72. The topological polar surface area (TPSA) is 240 Å². The fraction of sp³-hybridized carbons (Fsp3) is 0.737. The fourth-order valence-corrected chi connectivity index (χ4v) is 2.72. The van der Waals surface area contributed by atoms with Crippen molar-refractivity contribution in [3.05, 3.63) is 0 Å². The van der Waals surface area contributed by atoms with Gasteiger partial charge < -0.3 is 43.4 Å². The summed E-state index contributed by atoms with van der Waals surface area (Å²) in [5.74, 6) is -4.60. The number of carboxylic acid groups (broad SMARTS) is 1. The van der Waals surface area contributed by atoms with E-state index in [1.165, 1.54) is 0 Å². The van der Waals surface area contributed by atoms with Gasteiger partial charge in [0.25, 0.3) is 0 Å². The van der Waals surface area contributed by atoms with Crippen molar-refractivity contribution in [2.75, 3.05) is 13.2 Å². The Kier molecular flexibility index (Phi) is 13.8. The number of carbonyl (C=O) groups excluding carboxylic acids is 4. The molecule has 4 atom stereocenters. The Labute approximate surface area is 186 Å². The van der Waals surface area contributed by atoms with Crippen molar-refractivity contribution in [2.45, 2.75) is 70.1 Å². The Bertz CT molecular complexity index is 658. The maximum Gasteiger partial charge on any atom is 0.326 e. The first kappa shape index (κ1) is 29.2. The van der Waals surface area contributed by atoms with Crippen LogP contribution in [0.5, 0.6) is 0 Å². The van der Waals surface area contributed by atoms with Crippen LogP contribution in [-0.4, -0.2) is 77.1 Å². The number of hydrogen-bond donors (Lipinski definition) is 8. The first-order valence-corrected chi connectivity index (χ1v) is 10.4. The van der Waals surface area contributed by atoms with Crippen LogP contribution in [0.3, 0.4) is 0 Å². The van der Waals surface area contributed by atoms with Crippen LogP contribution < -0.4 is 33.2 Å². The minimum Gasteiger partial charge on any atom is -0.480 e. The minimum absolute atomic E-state index is 0.172. The summed E-state index contributed by atoms with van der Waals surface area (Å²) in [7, 11) is 0. The van der Waals surface area contributed by atoms with Gasteiger partial charge in [-0.05, 0) is 38.1 Å². The van der Waals surface area contributed by atoms with Gasteiger partial charge in [0.15, 0.2) is 0 Å². The average molecular weight is 461 g/mol. The van der Waals surface area contributed by atoms with Gasteiger partial charge in [0.05, 0.1) is 6.61 Å². The zero-order chi connectivity index (χ0) is 24.8. The van der Waals surface area contributed by atoms with E-state index in [4.69, 9.17) is 22.3 Å². The third-order valence-corrected chi connectivity index (χ3v) is 4.65. The highest BCUT2D eigenvalue weighted by molar-refractivity contribution is 5.94. The Hall–Kier alpha value is -2.77. The Balaban J connectivity index is 5.41. The van der Waals surface area contributed by atoms with E-state index in [-0.39, 0.29) is 25.2 Å². The van der Waals surface area contributed by atoms with Crippen LogP contribution in [0, 0.1) is 5.92 Å². The maximum atomic E-state index is 12.8. The normalized spacial score (nSPS) is 14.7. The van der Waals surface area contributed by atoms with Gasteiger partial charge in [-0.3, -0.25) is 19.2 Å². The summed E-state index contributed by atoms with van der Waals surface area (Å²) < 4.78 is 0. The van der Waals surface area contributed by atoms with Crippen LogP contribution in [0.15, 0.2) is 0 Å². The van der Waals surface area contributed by atoms with Crippen LogP contribution in [0.25, 0.3) is 0 Å². The van der Waals surface area contributed by atoms with E-state index in [9.17, 15) is 29.1 Å². The van der Waals surface area contributed by atoms with E-state index in [2.05, 4.69) is 16.0 Å². The molecular weight excluding hydrogens is 424 g/mol. The predicted molar refractivity (Wildman–Crippen MR) is 115 cm³/mol. The first-order chi connectivity index (χ1) is 14.9. The molecule has 0 heterocycles. The van der Waals surface area contributed by atoms with Crippen LogP contribution in [0.1, 0.15) is 46.0 Å². The molecule has 0 saturated heterocycles. The largest absolute Gasteiger partial charge is 0.480 e. The SMILES string of the molecule is CC(C)C(NC(=O)C(N)CO)C(=O)NC(CCCCN)C(=O)NC(CCC(N)=O)C(=O)O. The standard InChI is InChI=1S/C19H36N6O7/c1-10(2)15(25-16(28)11(21)9-26)18(30)23-12(5-3-4-8-20)17(29)24-13(19(31)32)6-7-14(22)27/h10-13,15,26H,3-9,20-21H2,1-2H3,(H2,22,27)(H,23,30)(H,24,29)(H,25,28)(H,31,32). The summed E-state index contributed by atoms with van der Waals surface area (Å²) in [5.41, 5.74) is 16.0. The van der Waals surface area contributed by atoms with Crippen molar-refractivity contribution in [1.82, 2.24) is 16.0 Å². The van der Waals surface area contributed by atoms with E-state index in [1.807, 2.05) is 0 Å². The van der Waals surface area contributed by atoms with E-state index in [0.717, 1.165) is 0 Å². The van der Waals surface area contributed by atoms with Crippen LogP contribution in [0.4, 0.5) is 0 Å². The molecule has 0 aromatic heterocycles. The number of primary amides is 1. The maximum absolute atomic E-state index is 12.8. The molecule has 32 heavy (non-hydrogen) atoms. The van der Waals surface area contributed by atoms with Crippen LogP contribution >= 0.6 is 0 Å². The lowest BCUT2D eigenvalue weighted by molar-refractivity contribution is -0.142. The number of hydrogen-bond acceptors (Lipinski definition) is 8. The number of aliphatic hydroxyl groups excluding tert-OH is 1. The van der Waals surface area contributed by atoms with E-state index >= 15 is 0 Å². The number of nitrogens with two attached hydrogens (primary N) is 3. The fourth-order valence-electron chi connectivity index (χ4n) is 2.72. The molecule has 0 saturated carbocycles. The molecule has 0 aromatic rings. The number of amides is 4. The highest BCUT2D eigenvalue weighted by Crippen LogP contribution is 2.07. The number of aliphatic carboxylic acids is 1. The van der Waals surface area contributed by atoms with Gasteiger partial charge in [-0.1, -0.05) is 13.8 Å². The molecule has 184 valence electrons. The zero-order valence-corrected chi connectivity index (χ0v) is 18.5. The summed E-state index contributed by atoms with van der Waals surface area (Å²) >= 11 is 0. The van der Waals surface area contributed by atoms with Gasteiger partial charge >= 0.3 is 5.97 Å². The lowest BCUT2D eigenvalue weighted by atomic mass is 10.0. The molecule has 11 N–H and O–H groups in total. The second-order valence-corrected chi connectivity index (χ2v) is 7.77. The number of carboxylic acids is 1. The second kappa shape index (κ2) is 15.1. The molecule has 13 heteroatoms. The number of carbonyl (C=O) groups is 5. The summed E-state index contributed by atoms with van der Waals surface area (Å²) in [6.45, 7) is 3.10. The van der Waals surface area contributed by atoms with Crippen LogP contribution in [-0.2, 0) is 24.0 Å². The number of aliphatic hydroxyl groups is 1. The van der Waals surface area contributed by atoms with Crippen molar-refractivity contribution in [3.63, 3.8) is 0 Å². The third kappa shape index (κ3) is 11.0. The van der Waals surface area contributed by atoms with Gasteiger partial charge in [0, 0.05) is 6.42 Å². The molecule has 4 amide bonds. The molecule has 0 rings (SSSR count). The van der Waals surface area contributed by atoms with Crippen LogP contribution in [0.2, 0.25) is 0 Å².